The summed E-state index contributed by atoms with van der Waals surface area (Å²) in [6.45, 7) is 1.99. The van der Waals surface area contributed by atoms with E-state index in [9.17, 15) is 9.90 Å². The lowest BCUT2D eigenvalue weighted by Gasteiger charge is -2.27. The molecule has 15 heavy (non-hydrogen) atoms. The van der Waals surface area contributed by atoms with Crippen LogP contribution in [0.3, 0.4) is 0 Å². The smallest absolute Gasteiger partial charge is 0.236 e. The van der Waals surface area contributed by atoms with Crippen molar-refractivity contribution in [3.63, 3.8) is 0 Å². The molecule has 0 aliphatic heterocycles. The first-order valence-corrected chi connectivity index (χ1v) is 5.79. The zero-order chi connectivity index (χ0) is 11.3. The summed E-state index contributed by atoms with van der Waals surface area (Å²) in [5.41, 5.74) is 4.72. The second kappa shape index (κ2) is 5.47. The molecule has 0 saturated heterocycles. The molecule has 0 aromatic rings. The van der Waals surface area contributed by atoms with Crippen molar-refractivity contribution in [2.45, 2.75) is 57.1 Å². The molecule has 1 fully saturated rings. The minimum atomic E-state index is -0.707. The van der Waals surface area contributed by atoms with E-state index in [1.54, 1.807) is 6.92 Å². The SMILES string of the molecule is C[C@@H](N)C(=O)NCC1(O)CCCCCC1. The number of hydrogen-bond acceptors (Lipinski definition) is 3. The van der Waals surface area contributed by atoms with Crippen molar-refractivity contribution in [1.29, 1.82) is 0 Å². The molecule has 0 spiro atoms. The van der Waals surface area contributed by atoms with Crippen molar-refractivity contribution in [2.24, 2.45) is 5.73 Å². The van der Waals surface area contributed by atoms with Gasteiger partial charge in [0.05, 0.1) is 11.6 Å². The largest absolute Gasteiger partial charge is 0.388 e. The van der Waals surface area contributed by atoms with Gasteiger partial charge in [0.1, 0.15) is 0 Å². The van der Waals surface area contributed by atoms with E-state index in [1.165, 1.54) is 12.8 Å². The Morgan fingerprint density at radius 3 is 2.40 bits per heavy atom. The van der Waals surface area contributed by atoms with E-state index >= 15 is 0 Å². The molecule has 1 rings (SSSR count). The van der Waals surface area contributed by atoms with E-state index in [1.807, 2.05) is 0 Å². The Morgan fingerprint density at radius 2 is 1.93 bits per heavy atom. The highest BCUT2D eigenvalue weighted by Gasteiger charge is 2.28. The van der Waals surface area contributed by atoms with Crippen molar-refractivity contribution < 1.29 is 9.90 Å². The van der Waals surface area contributed by atoms with E-state index < -0.39 is 11.6 Å². The minimum absolute atomic E-state index is 0.187. The minimum Gasteiger partial charge on any atom is -0.388 e. The number of carbonyl (C=O) groups is 1. The van der Waals surface area contributed by atoms with Gasteiger partial charge in [0, 0.05) is 6.54 Å². The Balaban J connectivity index is 2.37. The molecule has 4 heteroatoms. The average Bonchev–Trinajstić information content (AvgIpc) is 2.40. The summed E-state index contributed by atoms with van der Waals surface area (Å²) in [6.07, 6.45) is 6.03. The fourth-order valence-electron chi connectivity index (χ4n) is 1.98. The zero-order valence-corrected chi connectivity index (χ0v) is 9.46. The van der Waals surface area contributed by atoms with Crippen LogP contribution in [0.1, 0.15) is 45.4 Å². The third kappa shape index (κ3) is 4.18. The highest BCUT2D eigenvalue weighted by molar-refractivity contribution is 5.80. The molecular weight excluding hydrogens is 192 g/mol. The van der Waals surface area contributed by atoms with Crippen LogP contribution in [0.5, 0.6) is 0 Å². The van der Waals surface area contributed by atoms with Crippen molar-refractivity contribution in [3.8, 4) is 0 Å². The van der Waals surface area contributed by atoms with Crippen LogP contribution in [0, 0.1) is 0 Å². The molecule has 1 aliphatic carbocycles. The lowest BCUT2D eigenvalue weighted by Crippen LogP contribution is -2.47. The van der Waals surface area contributed by atoms with Gasteiger partial charge >= 0.3 is 0 Å². The fourth-order valence-corrected chi connectivity index (χ4v) is 1.98. The van der Waals surface area contributed by atoms with Gasteiger partial charge in [-0.1, -0.05) is 25.7 Å². The second-order valence-corrected chi connectivity index (χ2v) is 4.65. The predicted molar refractivity (Wildman–Crippen MR) is 59.3 cm³/mol. The van der Waals surface area contributed by atoms with Gasteiger partial charge in [-0.25, -0.2) is 0 Å². The van der Waals surface area contributed by atoms with Crippen molar-refractivity contribution in [1.82, 2.24) is 5.32 Å². The standard InChI is InChI=1S/C11H22N2O2/c1-9(12)10(14)13-8-11(15)6-4-2-3-5-7-11/h9,15H,2-8,12H2,1H3,(H,13,14)/t9-/m1/s1. The summed E-state index contributed by atoms with van der Waals surface area (Å²) in [7, 11) is 0. The molecule has 0 bridgehead atoms. The molecule has 1 saturated carbocycles. The van der Waals surface area contributed by atoms with Gasteiger partial charge < -0.3 is 16.2 Å². The molecule has 4 nitrogen and oxygen atoms in total. The first-order chi connectivity index (χ1) is 7.03. The van der Waals surface area contributed by atoms with E-state index in [-0.39, 0.29) is 5.91 Å². The van der Waals surface area contributed by atoms with Crippen molar-refractivity contribution >= 4 is 5.91 Å². The Hall–Kier alpha value is -0.610. The summed E-state index contributed by atoms with van der Waals surface area (Å²) < 4.78 is 0. The third-order valence-electron chi connectivity index (χ3n) is 3.04. The van der Waals surface area contributed by atoms with Gasteiger partial charge in [-0.15, -0.1) is 0 Å². The van der Waals surface area contributed by atoms with Crippen LogP contribution >= 0.6 is 0 Å². The first kappa shape index (κ1) is 12.5. The zero-order valence-electron chi connectivity index (χ0n) is 9.46. The van der Waals surface area contributed by atoms with Gasteiger partial charge in [0.25, 0.3) is 0 Å². The van der Waals surface area contributed by atoms with Gasteiger partial charge in [0.15, 0.2) is 0 Å². The quantitative estimate of drug-likeness (QED) is 0.600. The van der Waals surface area contributed by atoms with Gasteiger partial charge in [-0.05, 0) is 19.8 Å². The molecule has 0 aromatic heterocycles. The molecule has 0 heterocycles. The summed E-state index contributed by atoms with van der Waals surface area (Å²) in [5, 5.41) is 12.9. The van der Waals surface area contributed by atoms with Crippen LogP contribution in [-0.2, 0) is 4.79 Å². The maximum atomic E-state index is 11.3. The van der Waals surface area contributed by atoms with Gasteiger partial charge in [0.2, 0.25) is 5.91 Å². The summed E-state index contributed by atoms with van der Waals surface area (Å²) in [4.78, 5) is 11.3. The van der Waals surface area contributed by atoms with Crippen LogP contribution in [0.15, 0.2) is 0 Å². The fraction of sp³-hybridized carbons (Fsp3) is 0.909. The van der Waals surface area contributed by atoms with Crippen LogP contribution in [-0.4, -0.2) is 29.2 Å². The molecule has 1 aliphatic rings. The Bertz CT molecular complexity index is 209. The highest BCUT2D eigenvalue weighted by atomic mass is 16.3. The monoisotopic (exact) mass is 214 g/mol. The van der Waals surface area contributed by atoms with Crippen LogP contribution in [0.25, 0.3) is 0 Å². The second-order valence-electron chi connectivity index (χ2n) is 4.65. The third-order valence-corrected chi connectivity index (χ3v) is 3.04. The first-order valence-electron chi connectivity index (χ1n) is 5.79. The number of carbonyl (C=O) groups excluding carboxylic acids is 1. The molecule has 1 amide bonds. The summed E-state index contributed by atoms with van der Waals surface area (Å²) in [6, 6.07) is -0.501. The Labute approximate surface area is 91.2 Å². The summed E-state index contributed by atoms with van der Waals surface area (Å²) >= 11 is 0. The van der Waals surface area contributed by atoms with Crippen molar-refractivity contribution in [3.05, 3.63) is 0 Å². The lowest BCUT2D eigenvalue weighted by molar-refractivity contribution is -0.123. The average molecular weight is 214 g/mol. The van der Waals surface area contributed by atoms with E-state index in [0.29, 0.717) is 6.54 Å². The number of amides is 1. The van der Waals surface area contributed by atoms with Crippen LogP contribution in [0.2, 0.25) is 0 Å². The Kier molecular flexibility index (Phi) is 4.54. The van der Waals surface area contributed by atoms with Crippen LogP contribution in [0.4, 0.5) is 0 Å². The van der Waals surface area contributed by atoms with Gasteiger partial charge in [-0.3, -0.25) is 4.79 Å². The number of nitrogens with two attached hydrogens (primary N) is 1. The molecule has 0 unspecified atom stereocenters. The predicted octanol–water partition coefficient (Wildman–Crippen LogP) is 0.535. The number of rotatable bonds is 3. The molecule has 0 radical (unpaired) electrons. The molecule has 88 valence electrons. The topological polar surface area (TPSA) is 75.4 Å². The van der Waals surface area contributed by atoms with Gasteiger partial charge in [-0.2, -0.15) is 0 Å². The van der Waals surface area contributed by atoms with E-state index in [2.05, 4.69) is 5.32 Å². The Morgan fingerprint density at radius 1 is 1.40 bits per heavy atom. The number of hydrogen-bond donors (Lipinski definition) is 3. The molecular formula is C11H22N2O2. The molecule has 0 aromatic carbocycles. The normalized spacial score (nSPS) is 22.9. The number of nitrogens with one attached hydrogen (secondary N) is 1. The summed E-state index contributed by atoms with van der Waals surface area (Å²) in [5.74, 6) is -0.187. The van der Waals surface area contributed by atoms with E-state index in [4.69, 9.17) is 5.73 Å². The molecule has 4 N–H and O–H groups in total. The molecule has 1 atom stereocenters. The van der Waals surface area contributed by atoms with Crippen molar-refractivity contribution in [2.75, 3.05) is 6.54 Å². The van der Waals surface area contributed by atoms with E-state index in [0.717, 1.165) is 25.7 Å². The van der Waals surface area contributed by atoms with Crippen LogP contribution < -0.4 is 11.1 Å². The highest BCUT2D eigenvalue weighted by Crippen LogP contribution is 2.26. The number of aliphatic hydroxyl groups is 1. The maximum Gasteiger partial charge on any atom is 0.236 e. The lowest BCUT2D eigenvalue weighted by atomic mass is 9.94. The maximum absolute atomic E-state index is 11.3.